The van der Waals surface area contributed by atoms with Gasteiger partial charge in [0.25, 0.3) is 10.0 Å². The highest BCUT2D eigenvalue weighted by Crippen LogP contribution is 2.28. The summed E-state index contributed by atoms with van der Waals surface area (Å²) < 4.78 is 41.1. The second-order valence-corrected chi connectivity index (χ2v) is 7.16. The summed E-state index contributed by atoms with van der Waals surface area (Å²) in [6.45, 7) is 0. The minimum atomic E-state index is -3.88. The van der Waals surface area contributed by atoms with E-state index in [0.717, 1.165) is 11.7 Å². The number of nitrogens with one attached hydrogen (secondary N) is 1. The van der Waals surface area contributed by atoms with Crippen LogP contribution in [-0.4, -0.2) is 48.3 Å². The van der Waals surface area contributed by atoms with Crippen molar-refractivity contribution in [2.24, 2.45) is 0 Å². The average molecular weight is 366 g/mol. The van der Waals surface area contributed by atoms with Crippen molar-refractivity contribution in [2.75, 3.05) is 30.8 Å². The van der Waals surface area contributed by atoms with Crippen LogP contribution >= 0.6 is 11.7 Å². The molecular formula is C13H14N6O3S2. The van der Waals surface area contributed by atoms with Crippen LogP contribution in [0.15, 0.2) is 29.3 Å². The number of nitrogens with zero attached hydrogens (tertiary/aromatic N) is 5. The summed E-state index contributed by atoms with van der Waals surface area (Å²) in [5.41, 5.74) is 1.10. The van der Waals surface area contributed by atoms with Crippen molar-refractivity contribution in [3.63, 3.8) is 0 Å². The number of fused-ring (bicyclic) bond motifs is 1. The van der Waals surface area contributed by atoms with E-state index < -0.39 is 10.0 Å². The van der Waals surface area contributed by atoms with Gasteiger partial charge in [-0.1, -0.05) is 6.07 Å². The molecule has 126 valence electrons. The Morgan fingerprint density at radius 3 is 2.75 bits per heavy atom. The lowest BCUT2D eigenvalue weighted by Crippen LogP contribution is -2.19. The fourth-order valence-corrected chi connectivity index (χ4v) is 3.88. The first kappa shape index (κ1) is 16.3. The maximum absolute atomic E-state index is 12.8. The second-order valence-electron chi connectivity index (χ2n) is 4.98. The number of rotatable bonds is 5. The van der Waals surface area contributed by atoms with E-state index >= 15 is 0 Å². The van der Waals surface area contributed by atoms with Crippen LogP contribution in [0.2, 0.25) is 0 Å². The minimum absolute atomic E-state index is 0.0503. The molecule has 3 aromatic rings. The molecule has 0 spiro atoms. The van der Waals surface area contributed by atoms with Gasteiger partial charge in [0.05, 0.1) is 25.0 Å². The number of benzene rings is 1. The van der Waals surface area contributed by atoms with Gasteiger partial charge < -0.3 is 9.64 Å². The number of hydrogen-bond acceptors (Lipinski definition) is 9. The molecule has 0 unspecified atom stereocenters. The molecule has 2 heterocycles. The topological polar surface area (TPSA) is 110 Å². The van der Waals surface area contributed by atoms with Gasteiger partial charge in [-0.25, -0.2) is 13.4 Å². The van der Waals surface area contributed by atoms with E-state index in [1.54, 1.807) is 31.1 Å². The first-order chi connectivity index (χ1) is 11.4. The lowest BCUT2D eigenvalue weighted by atomic mass is 10.3. The monoisotopic (exact) mass is 366 g/mol. The van der Waals surface area contributed by atoms with Gasteiger partial charge in [0.1, 0.15) is 21.6 Å². The van der Waals surface area contributed by atoms with Crippen molar-refractivity contribution in [1.82, 2.24) is 18.7 Å². The number of sulfonamides is 1. The van der Waals surface area contributed by atoms with E-state index in [1.807, 2.05) is 0 Å². The molecule has 0 aliphatic carbocycles. The summed E-state index contributed by atoms with van der Waals surface area (Å²) in [6, 6.07) is 4.95. The number of aromatic nitrogens is 4. The highest BCUT2D eigenvalue weighted by molar-refractivity contribution is 7.93. The summed E-state index contributed by atoms with van der Waals surface area (Å²) in [4.78, 5) is 9.83. The van der Waals surface area contributed by atoms with Gasteiger partial charge in [0.15, 0.2) is 5.82 Å². The number of anilines is 2. The average Bonchev–Trinajstić information content (AvgIpc) is 3.03. The van der Waals surface area contributed by atoms with Gasteiger partial charge in [-0.3, -0.25) is 4.72 Å². The van der Waals surface area contributed by atoms with E-state index in [9.17, 15) is 8.42 Å². The van der Waals surface area contributed by atoms with Crippen molar-refractivity contribution < 1.29 is 13.2 Å². The first-order valence-corrected chi connectivity index (χ1v) is 8.96. The standard InChI is InChI=1S/C13H14N6O3S2/c1-19(2)12-9(7-14-13(15-12)22-3)18-24(20,21)10-6-4-5-8-11(10)17-23-16-8/h4-7,18H,1-3H3. The highest BCUT2D eigenvalue weighted by Gasteiger charge is 2.22. The Labute approximate surface area is 142 Å². The van der Waals surface area contributed by atoms with E-state index in [1.165, 1.54) is 19.4 Å². The molecule has 0 atom stereocenters. The van der Waals surface area contributed by atoms with Gasteiger partial charge in [-0.15, -0.1) is 0 Å². The van der Waals surface area contributed by atoms with Crippen LogP contribution in [0, 0.1) is 0 Å². The zero-order valence-electron chi connectivity index (χ0n) is 13.1. The minimum Gasteiger partial charge on any atom is -0.467 e. The SMILES string of the molecule is COc1ncc(NS(=O)(=O)c2cccc3nsnc23)c(N(C)C)n1. The van der Waals surface area contributed by atoms with Crippen LogP contribution in [0.1, 0.15) is 0 Å². The van der Waals surface area contributed by atoms with Gasteiger partial charge in [-0.05, 0) is 12.1 Å². The zero-order chi connectivity index (χ0) is 17.3. The van der Waals surface area contributed by atoms with E-state index in [4.69, 9.17) is 4.74 Å². The molecule has 0 saturated heterocycles. The molecule has 1 aromatic carbocycles. The van der Waals surface area contributed by atoms with E-state index in [2.05, 4.69) is 23.4 Å². The maximum atomic E-state index is 12.8. The van der Waals surface area contributed by atoms with Crippen molar-refractivity contribution in [3.8, 4) is 6.01 Å². The number of ether oxygens (including phenoxy) is 1. The summed E-state index contributed by atoms with van der Waals surface area (Å²) in [5, 5.41) is 0. The Kier molecular flexibility index (Phi) is 4.20. The van der Waals surface area contributed by atoms with Crippen LogP contribution in [0.4, 0.5) is 11.5 Å². The molecule has 3 rings (SSSR count). The van der Waals surface area contributed by atoms with Gasteiger partial charge in [0, 0.05) is 14.1 Å². The largest absolute Gasteiger partial charge is 0.467 e. The quantitative estimate of drug-likeness (QED) is 0.721. The first-order valence-electron chi connectivity index (χ1n) is 6.75. The molecule has 9 nitrogen and oxygen atoms in total. The predicted octanol–water partition coefficient (Wildman–Crippen LogP) is 1.36. The molecular weight excluding hydrogens is 352 g/mol. The van der Waals surface area contributed by atoms with E-state index in [0.29, 0.717) is 16.9 Å². The van der Waals surface area contributed by atoms with Crippen LogP contribution in [0.3, 0.4) is 0 Å². The molecule has 0 amide bonds. The van der Waals surface area contributed by atoms with Crippen LogP contribution in [0.25, 0.3) is 11.0 Å². The lowest BCUT2D eigenvalue weighted by Gasteiger charge is -2.17. The molecule has 0 fully saturated rings. The summed E-state index contributed by atoms with van der Waals surface area (Å²) in [7, 11) is 1.04. The van der Waals surface area contributed by atoms with E-state index in [-0.39, 0.29) is 16.6 Å². The Morgan fingerprint density at radius 2 is 2.04 bits per heavy atom. The van der Waals surface area contributed by atoms with Crippen LogP contribution in [-0.2, 0) is 10.0 Å². The molecule has 2 aromatic heterocycles. The van der Waals surface area contributed by atoms with Crippen molar-refractivity contribution in [2.45, 2.75) is 4.90 Å². The third kappa shape index (κ3) is 2.95. The Balaban J connectivity index is 2.06. The second kappa shape index (κ2) is 6.17. The normalized spacial score (nSPS) is 11.5. The van der Waals surface area contributed by atoms with Crippen molar-refractivity contribution in [1.29, 1.82) is 0 Å². The predicted molar refractivity (Wildman–Crippen MR) is 91.1 cm³/mol. The summed E-state index contributed by atoms with van der Waals surface area (Å²) in [6.07, 6.45) is 1.36. The van der Waals surface area contributed by atoms with Gasteiger partial charge >= 0.3 is 6.01 Å². The maximum Gasteiger partial charge on any atom is 0.318 e. The number of methoxy groups -OCH3 is 1. The third-order valence-corrected chi connectivity index (χ3v) is 5.08. The zero-order valence-corrected chi connectivity index (χ0v) is 14.7. The van der Waals surface area contributed by atoms with Crippen LogP contribution in [0.5, 0.6) is 6.01 Å². The van der Waals surface area contributed by atoms with Gasteiger partial charge in [-0.2, -0.15) is 13.7 Å². The summed E-state index contributed by atoms with van der Waals surface area (Å²) >= 11 is 0.961. The molecule has 0 aliphatic heterocycles. The van der Waals surface area contributed by atoms with Gasteiger partial charge in [0.2, 0.25) is 0 Å². The molecule has 0 radical (unpaired) electrons. The molecule has 11 heteroatoms. The lowest BCUT2D eigenvalue weighted by molar-refractivity contribution is 0.380. The Hall–Kier alpha value is -2.53. The van der Waals surface area contributed by atoms with Crippen molar-refractivity contribution >= 4 is 44.3 Å². The van der Waals surface area contributed by atoms with Crippen LogP contribution < -0.4 is 14.4 Å². The highest BCUT2D eigenvalue weighted by atomic mass is 32.2. The smallest absolute Gasteiger partial charge is 0.318 e. The molecule has 0 saturated carbocycles. The molecule has 0 bridgehead atoms. The van der Waals surface area contributed by atoms with Crippen molar-refractivity contribution in [3.05, 3.63) is 24.4 Å². The molecule has 24 heavy (non-hydrogen) atoms. The Morgan fingerprint density at radius 1 is 1.25 bits per heavy atom. The molecule has 0 aliphatic rings. The Bertz CT molecular complexity index is 986. The summed E-state index contributed by atoms with van der Waals surface area (Å²) in [5.74, 6) is 0.383. The fraction of sp³-hybridized carbons (Fsp3) is 0.231. The fourth-order valence-electron chi connectivity index (χ4n) is 2.07. The third-order valence-electron chi connectivity index (χ3n) is 3.14. The molecule has 1 N–H and O–H groups in total. The number of hydrogen-bond donors (Lipinski definition) is 1.